The van der Waals surface area contributed by atoms with E-state index in [0.717, 1.165) is 50.5 Å². The number of ether oxygens (including phenoxy) is 1. The van der Waals surface area contributed by atoms with E-state index < -0.39 is 0 Å². The maximum absolute atomic E-state index is 6.40. The van der Waals surface area contributed by atoms with Crippen molar-refractivity contribution >= 4 is 10.8 Å². The Morgan fingerprint density at radius 3 is 2.09 bits per heavy atom. The van der Waals surface area contributed by atoms with Gasteiger partial charge in [-0.15, -0.1) is 0 Å². The summed E-state index contributed by atoms with van der Waals surface area (Å²) in [6.45, 7) is 4.65. The monoisotopic (exact) mass is 564 g/mol. The summed E-state index contributed by atoms with van der Waals surface area (Å²) < 4.78 is 6.40. The summed E-state index contributed by atoms with van der Waals surface area (Å²) in [5, 5.41) is 2.32. The summed E-state index contributed by atoms with van der Waals surface area (Å²) in [5.41, 5.74) is 12.3. The average Bonchev–Trinajstić information content (AvgIpc) is 3.31. The molecule has 1 aliphatic heterocycles. The first-order chi connectivity index (χ1) is 21.6. The minimum atomic E-state index is -0.157. The Hall–Kier alpha value is -5.54. The highest BCUT2D eigenvalue weighted by atomic mass is 16.5. The number of rotatable bonds is 3. The molecule has 208 valence electrons. The molecule has 1 aromatic heterocycles. The van der Waals surface area contributed by atoms with E-state index >= 15 is 0 Å². The Morgan fingerprint density at radius 2 is 1.20 bits per heavy atom. The van der Waals surface area contributed by atoms with Crippen LogP contribution in [0.3, 0.4) is 0 Å². The second-order valence-corrected chi connectivity index (χ2v) is 12.2. The molecule has 44 heavy (non-hydrogen) atoms. The first-order valence-electron chi connectivity index (χ1n) is 15.1. The van der Waals surface area contributed by atoms with Crippen LogP contribution in [0.5, 0.6) is 11.5 Å². The van der Waals surface area contributed by atoms with Crippen molar-refractivity contribution in [3.63, 3.8) is 0 Å². The van der Waals surface area contributed by atoms with Crippen molar-refractivity contribution in [1.29, 1.82) is 0 Å². The Bertz CT molecular complexity index is 2280. The topological polar surface area (TPSA) is 35.0 Å². The van der Waals surface area contributed by atoms with Gasteiger partial charge in [0.2, 0.25) is 0 Å². The van der Waals surface area contributed by atoms with Gasteiger partial charge in [-0.05, 0) is 63.5 Å². The van der Waals surface area contributed by atoms with Gasteiger partial charge in [0.25, 0.3) is 0 Å². The first-order valence-corrected chi connectivity index (χ1v) is 15.1. The largest absolute Gasteiger partial charge is 0.456 e. The molecular weight excluding hydrogens is 536 g/mol. The third kappa shape index (κ3) is 3.62. The fourth-order valence-corrected chi connectivity index (χ4v) is 7.23. The Labute approximate surface area is 256 Å². The fraction of sp³-hybridized carbons (Fsp3) is 0.0732. The lowest BCUT2D eigenvalue weighted by molar-refractivity contribution is 0.487. The molecule has 0 saturated carbocycles. The molecule has 9 rings (SSSR count). The second kappa shape index (κ2) is 9.23. The number of hydrogen-bond donors (Lipinski definition) is 0. The number of benzene rings is 6. The van der Waals surface area contributed by atoms with Gasteiger partial charge in [0.15, 0.2) is 5.82 Å². The highest BCUT2D eigenvalue weighted by Crippen LogP contribution is 2.52. The molecule has 7 aromatic rings. The van der Waals surface area contributed by atoms with E-state index in [2.05, 4.69) is 123 Å². The van der Waals surface area contributed by atoms with Crippen LogP contribution in [-0.4, -0.2) is 9.97 Å². The van der Waals surface area contributed by atoms with Crippen LogP contribution >= 0.6 is 0 Å². The van der Waals surface area contributed by atoms with Gasteiger partial charge in [0.1, 0.15) is 11.5 Å². The van der Waals surface area contributed by atoms with Crippen LogP contribution in [0, 0.1) is 0 Å². The highest BCUT2D eigenvalue weighted by molar-refractivity contribution is 6.04. The van der Waals surface area contributed by atoms with Crippen LogP contribution in [0.2, 0.25) is 0 Å². The zero-order valence-electron chi connectivity index (χ0n) is 24.5. The van der Waals surface area contributed by atoms with Crippen LogP contribution in [0.15, 0.2) is 133 Å². The Kier molecular flexibility index (Phi) is 5.24. The summed E-state index contributed by atoms with van der Waals surface area (Å²) in [5.74, 6) is 2.47. The van der Waals surface area contributed by atoms with E-state index in [1.54, 1.807) is 0 Å². The standard InChI is InChI=1S/C41H28N2O/c1-41(2)33-19-7-6-15-28(33)30-17-10-18-31(39(30)41)35-24-34(42-40(43-35)26-11-4-3-5-12-26)27-21-22-36-32(23-27)29-16-8-13-25-14-9-20-37(44-36)38(25)29/h3-24H,1-2H3. The summed E-state index contributed by atoms with van der Waals surface area (Å²) in [6, 6.07) is 46.9. The molecular formula is C41H28N2O. The summed E-state index contributed by atoms with van der Waals surface area (Å²) in [4.78, 5) is 10.4. The highest BCUT2D eigenvalue weighted by Gasteiger charge is 2.37. The zero-order valence-corrected chi connectivity index (χ0v) is 24.5. The van der Waals surface area contributed by atoms with Crippen molar-refractivity contribution in [3.8, 4) is 67.7 Å². The third-order valence-electron chi connectivity index (χ3n) is 9.27. The SMILES string of the molecule is CC1(C)c2ccccc2-c2cccc(-c3cc(-c4ccc5c(c4)-c4cccc6cccc(c46)O5)nc(-c4ccccc4)n3)c21. The van der Waals surface area contributed by atoms with Crippen molar-refractivity contribution in [2.24, 2.45) is 0 Å². The van der Waals surface area contributed by atoms with Gasteiger partial charge in [0.05, 0.1) is 11.4 Å². The summed E-state index contributed by atoms with van der Waals surface area (Å²) in [7, 11) is 0. The van der Waals surface area contributed by atoms with Gasteiger partial charge in [-0.2, -0.15) is 0 Å². The molecule has 0 amide bonds. The van der Waals surface area contributed by atoms with Crippen LogP contribution in [-0.2, 0) is 5.41 Å². The molecule has 0 atom stereocenters. The van der Waals surface area contributed by atoms with E-state index in [0.29, 0.717) is 5.82 Å². The van der Waals surface area contributed by atoms with Gasteiger partial charge in [0, 0.05) is 33.1 Å². The molecule has 1 aliphatic carbocycles. The van der Waals surface area contributed by atoms with E-state index in [9.17, 15) is 0 Å². The molecule has 0 spiro atoms. The molecule has 0 bridgehead atoms. The smallest absolute Gasteiger partial charge is 0.160 e. The van der Waals surface area contributed by atoms with Gasteiger partial charge in [-0.25, -0.2) is 9.97 Å². The number of fused-ring (bicyclic) bond motifs is 5. The first kappa shape index (κ1) is 25.0. The van der Waals surface area contributed by atoms with Crippen molar-refractivity contribution < 1.29 is 4.74 Å². The quantitative estimate of drug-likeness (QED) is 0.214. The molecule has 0 unspecified atom stereocenters. The molecule has 0 radical (unpaired) electrons. The van der Waals surface area contributed by atoms with Gasteiger partial charge in [-0.1, -0.05) is 117 Å². The molecule has 0 fully saturated rings. The molecule has 2 aliphatic rings. The number of nitrogens with zero attached hydrogens (tertiary/aromatic N) is 2. The minimum absolute atomic E-state index is 0.157. The minimum Gasteiger partial charge on any atom is -0.456 e. The molecule has 0 N–H and O–H groups in total. The molecule has 6 aromatic carbocycles. The predicted molar refractivity (Wildman–Crippen MR) is 179 cm³/mol. The maximum atomic E-state index is 6.40. The summed E-state index contributed by atoms with van der Waals surface area (Å²) >= 11 is 0. The average molecular weight is 565 g/mol. The van der Waals surface area contributed by atoms with E-state index in [1.165, 1.54) is 33.2 Å². The molecule has 3 nitrogen and oxygen atoms in total. The Balaban J connectivity index is 1.26. The van der Waals surface area contributed by atoms with Gasteiger partial charge >= 0.3 is 0 Å². The predicted octanol–water partition coefficient (Wildman–Crippen LogP) is 10.7. The molecule has 2 heterocycles. The lowest BCUT2D eigenvalue weighted by Crippen LogP contribution is -2.16. The van der Waals surface area contributed by atoms with Crippen LogP contribution < -0.4 is 4.74 Å². The van der Waals surface area contributed by atoms with Gasteiger partial charge in [-0.3, -0.25) is 0 Å². The number of hydrogen-bond acceptors (Lipinski definition) is 3. The fourth-order valence-electron chi connectivity index (χ4n) is 7.23. The lowest BCUT2D eigenvalue weighted by Gasteiger charge is -2.24. The second-order valence-electron chi connectivity index (χ2n) is 12.2. The van der Waals surface area contributed by atoms with E-state index in [-0.39, 0.29) is 5.41 Å². The summed E-state index contributed by atoms with van der Waals surface area (Å²) in [6.07, 6.45) is 0. The normalized spacial score (nSPS) is 13.6. The maximum Gasteiger partial charge on any atom is 0.160 e. The van der Waals surface area contributed by atoms with Crippen LogP contribution in [0.1, 0.15) is 25.0 Å². The molecule has 3 heteroatoms. The van der Waals surface area contributed by atoms with Crippen LogP contribution in [0.25, 0.3) is 66.9 Å². The number of aromatic nitrogens is 2. The van der Waals surface area contributed by atoms with E-state index in [1.807, 2.05) is 24.3 Å². The van der Waals surface area contributed by atoms with Crippen molar-refractivity contribution in [2.75, 3.05) is 0 Å². The van der Waals surface area contributed by atoms with Crippen molar-refractivity contribution in [1.82, 2.24) is 9.97 Å². The van der Waals surface area contributed by atoms with Crippen molar-refractivity contribution in [2.45, 2.75) is 19.3 Å². The lowest BCUT2D eigenvalue weighted by atomic mass is 9.79. The van der Waals surface area contributed by atoms with Gasteiger partial charge < -0.3 is 4.74 Å². The van der Waals surface area contributed by atoms with Crippen molar-refractivity contribution in [3.05, 3.63) is 145 Å². The third-order valence-corrected chi connectivity index (χ3v) is 9.27. The zero-order chi connectivity index (χ0) is 29.4. The van der Waals surface area contributed by atoms with E-state index in [4.69, 9.17) is 14.7 Å². The van der Waals surface area contributed by atoms with Crippen LogP contribution in [0.4, 0.5) is 0 Å². The molecule has 0 saturated heterocycles. The Morgan fingerprint density at radius 1 is 0.500 bits per heavy atom.